The van der Waals surface area contributed by atoms with Crippen LogP contribution in [0.3, 0.4) is 0 Å². The molecule has 156 valence electrons. The van der Waals surface area contributed by atoms with Crippen molar-refractivity contribution in [3.63, 3.8) is 0 Å². The highest BCUT2D eigenvalue weighted by atomic mass is 35.5. The van der Waals surface area contributed by atoms with Crippen LogP contribution in [-0.2, 0) is 16.9 Å². The highest BCUT2D eigenvalue weighted by molar-refractivity contribution is 6.30. The summed E-state index contributed by atoms with van der Waals surface area (Å²) in [6.45, 7) is 4.77. The average Bonchev–Trinajstić information content (AvgIpc) is 3.09. The van der Waals surface area contributed by atoms with Gasteiger partial charge in [0.15, 0.2) is 0 Å². The molecule has 1 amide bonds. The number of ether oxygens (including phenoxy) is 1. The molecule has 0 fully saturated rings. The zero-order valence-corrected chi connectivity index (χ0v) is 17.5. The van der Waals surface area contributed by atoms with Crippen molar-refractivity contribution >= 4 is 17.5 Å². The van der Waals surface area contributed by atoms with Gasteiger partial charge in [-0.1, -0.05) is 11.6 Å². The van der Waals surface area contributed by atoms with E-state index in [4.69, 9.17) is 27.1 Å². The summed E-state index contributed by atoms with van der Waals surface area (Å²) in [6, 6.07) is 13.1. The van der Waals surface area contributed by atoms with Gasteiger partial charge in [0.1, 0.15) is 23.1 Å². The van der Waals surface area contributed by atoms with E-state index in [1.807, 2.05) is 18.4 Å². The Bertz CT molecular complexity index is 1080. The summed E-state index contributed by atoms with van der Waals surface area (Å²) in [5.74, 6) is 1.34. The third-order valence-electron chi connectivity index (χ3n) is 5.31. The second-order valence-electron chi connectivity index (χ2n) is 7.61. The average molecular weight is 429 g/mol. The zero-order valence-electron chi connectivity index (χ0n) is 16.7. The lowest BCUT2D eigenvalue weighted by atomic mass is 9.99. The summed E-state index contributed by atoms with van der Waals surface area (Å²) in [5.41, 5.74) is 6.22. The molecule has 0 aliphatic carbocycles. The largest absolute Gasteiger partial charge is 0.438 e. The summed E-state index contributed by atoms with van der Waals surface area (Å²) < 4.78 is 21.7. The van der Waals surface area contributed by atoms with Crippen LogP contribution in [0.2, 0.25) is 5.02 Å². The molecule has 0 saturated heterocycles. The molecule has 2 N–H and O–H groups in total. The summed E-state index contributed by atoms with van der Waals surface area (Å²) in [7, 11) is 0. The number of fused-ring (bicyclic) bond motifs is 1. The molecule has 3 aromatic rings. The highest BCUT2D eigenvalue weighted by Crippen LogP contribution is 2.41. The van der Waals surface area contributed by atoms with Gasteiger partial charge in [-0.25, -0.2) is 9.37 Å². The fraction of sp³-hybridized carbons (Fsp3) is 0.273. The minimum atomic E-state index is -0.689. The molecule has 0 spiro atoms. The van der Waals surface area contributed by atoms with Crippen LogP contribution in [0.1, 0.15) is 19.7 Å². The Morgan fingerprint density at radius 2 is 1.83 bits per heavy atom. The van der Waals surface area contributed by atoms with Crippen molar-refractivity contribution in [1.29, 1.82) is 0 Å². The molecule has 0 bridgehead atoms. The fourth-order valence-electron chi connectivity index (χ4n) is 3.77. The number of nitrogens with two attached hydrogens (primary N) is 1. The van der Waals surface area contributed by atoms with Crippen molar-refractivity contribution in [3.05, 3.63) is 65.2 Å². The Balaban J connectivity index is 1.85. The van der Waals surface area contributed by atoms with Crippen molar-refractivity contribution < 1.29 is 13.9 Å². The topological polar surface area (TPSA) is 73.4 Å². The molecule has 2 aromatic carbocycles. The van der Waals surface area contributed by atoms with Gasteiger partial charge in [-0.15, -0.1) is 0 Å². The third kappa shape index (κ3) is 3.55. The van der Waals surface area contributed by atoms with Crippen molar-refractivity contribution in [1.82, 2.24) is 14.5 Å². The van der Waals surface area contributed by atoms with Crippen LogP contribution in [0.5, 0.6) is 11.6 Å². The number of imidazole rings is 1. The standard InChI is InChI=1S/C22H22ClFN4O2/c1-22(2)21-26-19(14-3-7-16(24)8-4-14)20(30-17-9-5-15(23)6-10-17)27(21)11-12-28(22)18(29)13-25/h3-10H,11-13,25H2,1-2H3. The molecular formula is C22H22ClFN4O2. The predicted molar refractivity (Wildman–Crippen MR) is 113 cm³/mol. The number of halogens is 2. The van der Waals surface area contributed by atoms with E-state index in [-0.39, 0.29) is 18.3 Å². The van der Waals surface area contributed by atoms with E-state index in [2.05, 4.69) is 0 Å². The van der Waals surface area contributed by atoms with Crippen LogP contribution in [0.15, 0.2) is 48.5 Å². The lowest BCUT2D eigenvalue weighted by Crippen LogP contribution is -2.53. The maximum absolute atomic E-state index is 13.5. The Kier molecular flexibility index (Phi) is 5.26. The Hall–Kier alpha value is -2.90. The first-order valence-corrected chi connectivity index (χ1v) is 10.00. The van der Waals surface area contributed by atoms with Gasteiger partial charge in [-0.2, -0.15) is 0 Å². The summed E-state index contributed by atoms with van der Waals surface area (Å²) >= 11 is 5.99. The lowest BCUT2D eigenvalue weighted by molar-refractivity contribution is -0.137. The molecule has 4 rings (SSSR count). The number of carbonyl (C=O) groups excluding carboxylic acids is 1. The van der Waals surface area contributed by atoms with Crippen LogP contribution in [0.4, 0.5) is 4.39 Å². The second kappa shape index (κ2) is 7.74. The van der Waals surface area contributed by atoms with Crippen molar-refractivity contribution in [2.45, 2.75) is 25.9 Å². The molecule has 0 atom stereocenters. The van der Waals surface area contributed by atoms with Gasteiger partial charge < -0.3 is 15.4 Å². The molecule has 1 aliphatic heterocycles. The van der Waals surface area contributed by atoms with Gasteiger partial charge >= 0.3 is 0 Å². The number of nitrogens with zero attached hydrogens (tertiary/aromatic N) is 3. The molecule has 30 heavy (non-hydrogen) atoms. The quantitative estimate of drug-likeness (QED) is 0.676. The van der Waals surface area contributed by atoms with E-state index in [1.54, 1.807) is 41.3 Å². The second-order valence-corrected chi connectivity index (χ2v) is 8.05. The van der Waals surface area contributed by atoms with Crippen LogP contribution in [0.25, 0.3) is 11.3 Å². The zero-order chi connectivity index (χ0) is 21.5. The maximum Gasteiger partial charge on any atom is 0.237 e. The van der Waals surface area contributed by atoms with Gasteiger partial charge in [0.25, 0.3) is 0 Å². The molecule has 1 aliphatic rings. The van der Waals surface area contributed by atoms with Gasteiger partial charge in [0.05, 0.1) is 12.1 Å². The number of aromatic nitrogens is 2. The molecule has 6 nitrogen and oxygen atoms in total. The molecule has 1 aromatic heterocycles. The van der Waals surface area contributed by atoms with Crippen LogP contribution in [0, 0.1) is 5.82 Å². The molecule has 0 saturated carbocycles. The van der Waals surface area contributed by atoms with E-state index in [1.165, 1.54) is 12.1 Å². The third-order valence-corrected chi connectivity index (χ3v) is 5.56. The first kappa shape index (κ1) is 20.4. The first-order chi connectivity index (χ1) is 14.3. The van der Waals surface area contributed by atoms with E-state index >= 15 is 0 Å². The molecule has 0 unspecified atom stereocenters. The number of benzene rings is 2. The van der Waals surface area contributed by atoms with Gasteiger partial charge in [0, 0.05) is 23.7 Å². The SMILES string of the molecule is CC1(C)c2nc(-c3ccc(F)cc3)c(Oc3ccc(Cl)cc3)n2CCN1C(=O)CN. The summed E-state index contributed by atoms with van der Waals surface area (Å²) in [6.07, 6.45) is 0. The van der Waals surface area contributed by atoms with Crippen molar-refractivity contribution in [2.24, 2.45) is 5.73 Å². The van der Waals surface area contributed by atoms with E-state index in [9.17, 15) is 9.18 Å². The summed E-state index contributed by atoms with van der Waals surface area (Å²) in [4.78, 5) is 19.0. The molecule has 8 heteroatoms. The monoisotopic (exact) mass is 428 g/mol. The smallest absolute Gasteiger partial charge is 0.237 e. The molecular weight excluding hydrogens is 407 g/mol. The van der Waals surface area contributed by atoms with Gasteiger partial charge in [-0.05, 0) is 62.4 Å². The molecule has 0 radical (unpaired) electrons. The number of hydrogen-bond acceptors (Lipinski definition) is 4. The van der Waals surface area contributed by atoms with Gasteiger partial charge in [-0.3, -0.25) is 9.36 Å². The van der Waals surface area contributed by atoms with Crippen molar-refractivity contribution in [3.8, 4) is 22.9 Å². The first-order valence-electron chi connectivity index (χ1n) is 9.62. The van der Waals surface area contributed by atoms with E-state index < -0.39 is 5.54 Å². The normalized spacial score (nSPS) is 15.0. The highest BCUT2D eigenvalue weighted by Gasteiger charge is 2.41. The lowest BCUT2D eigenvalue weighted by Gasteiger charge is -2.42. The Morgan fingerprint density at radius 1 is 1.17 bits per heavy atom. The van der Waals surface area contributed by atoms with Crippen LogP contribution in [-0.4, -0.2) is 33.4 Å². The fourth-order valence-corrected chi connectivity index (χ4v) is 3.90. The minimum Gasteiger partial charge on any atom is -0.438 e. The Morgan fingerprint density at radius 3 is 2.47 bits per heavy atom. The number of carbonyl (C=O) groups is 1. The van der Waals surface area contributed by atoms with Crippen molar-refractivity contribution in [2.75, 3.05) is 13.1 Å². The van der Waals surface area contributed by atoms with Crippen LogP contribution < -0.4 is 10.5 Å². The Labute approximate surface area is 179 Å². The minimum absolute atomic E-state index is 0.0664. The number of amides is 1. The number of hydrogen-bond donors (Lipinski definition) is 1. The van der Waals surface area contributed by atoms with E-state index in [0.717, 1.165) is 5.56 Å². The van der Waals surface area contributed by atoms with Crippen LogP contribution >= 0.6 is 11.6 Å². The van der Waals surface area contributed by atoms with E-state index in [0.29, 0.717) is 41.3 Å². The van der Waals surface area contributed by atoms with Gasteiger partial charge in [0.2, 0.25) is 11.8 Å². The predicted octanol–water partition coefficient (Wildman–Crippen LogP) is 4.17. The maximum atomic E-state index is 13.5. The molecule has 2 heterocycles. The number of rotatable bonds is 4. The summed E-state index contributed by atoms with van der Waals surface area (Å²) in [5, 5.41) is 0.605.